The quantitative estimate of drug-likeness (QED) is 0.296. The molecule has 0 radical (unpaired) electrons. The molecule has 1 aliphatic heterocycles. The molecule has 1 fully saturated rings. The number of hydrogen-bond acceptors (Lipinski definition) is 6. The van der Waals surface area contributed by atoms with Crippen LogP contribution in [0.25, 0.3) is 0 Å². The summed E-state index contributed by atoms with van der Waals surface area (Å²) in [7, 11) is 1.34. The average Bonchev–Trinajstić information content (AvgIpc) is 2.83. The number of carbonyl (C=O) groups excluding carboxylic acids is 3. The van der Waals surface area contributed by atoms with E-state index in [4.69, 9.17) is 27.2 Å². The van der Waals surface area contributed by atoms with Gasteiger partial charge in [-0.3, -0.25) is 19.2 Å². The summed E-state index contributed by atoms with van der Waals surface area (Å²) >= 11 is 5.99. The number of nitrogens with one attached hydrogen (secondary N) is 2. The number of carboxylic acid groups (broad SMARTS) is 1. The minimum absolute atomic E-state index is 0.0912. The SMILES string of the molecule is COC[C@H](NC(=O)[C@H](C)N)C(=O)N[C@@]1(Cc2ccc(Cl)cc2)CCCN(C(=O)C(CC(=O)O)CC(F)(F)F)C1. The first-order chi connectivity index (χ1) is 18.1. The number of benzene rings is 1. The lowest BCUT2D eigenvalue weighted by atomic mass is 9.82. The summed E-state index contributed by atoms with van der Waals surface area (Å²) in [6.45, 7) is 1.18. The summed E-state index contributed by atoms with van der Waals surface area (Å²) in [5.74, 6) is -5.52. The topological polar surface area (TPSA) is 151 Å². The number of methoxy groups -OCH3 is 1. The fraction of sp³-hybridized carbons (Fsp3) is 0.600. The largest absolute Gasteiger partial charge is 0.481 e. The molecule has 14 heteroatoms. The van der Waals surface area contributed by atoms with Crippen molar-refractivity contribution in [2.75, 3.05) is 26.8 Å². The van der Waals surface area contributed by atoms with E-state index in [9.17, 15) is 32.3 Å². The molecule has 0 aromatic heterocycles. The first-order valence-corrected chi connectivity index (χ1v) is 12.7. The van der Waals surface area contributed by atoms with E-state index in [-0.39, 0.29) is 26.1 Å². The number of carbonyl (C=O) groups is 4. The van der Waals surface area contributed by atoms with Crippen molar-refractivity contribution in [3.05, 3.63) is 34.9 Å². The van der Waals surface area contributed by atoms with Crippen LogP contribution >= 0.6 is 11.6 Å². The Morgan fingerprint density at radius 3 is 2.38 bits per heavy atom. The maximum Gasteiger partial charge on any atom is 0.389 e. The number of alkyl halides is 3. The van der Waals surface area contributed by atoms with Crippen LogP contribution in [0.2, 0.25) is 5.02 Å². The van der Waals surface area contributed by atoms with Crippen molar-refractivity contribution >= 4 is 35.3 Å². The van der Waals surface area contributed by atoms with Crippen LogP contribution in [-0.2, 0) is 30.3 Å². The molecule has 0 aliphatic carbocycles. The summed E-state index contributed by atoms with van der Waals surface area (Å²) in [5.41, 5.74) is 5.19. The fourth-order valence-corrected chi connectivity index (χ4v) is 4.73. The van der Waals surface area contributed by atoms with Gasteiger partial charge < -0.3 is 31.1 Å². The zero-order valence-electron chi connectivity index (χ0n) is 21.7. The maximum atomic E-state index is 13.4. The molecule has 1 aromatic carbocycles. The van der Waals surface area contributed by atoms with Gasteiger partial charge in [0.25, 0.3) is 0 Å². The highest BCUT2D eigenvalue weighted by atomic mass is 35.5. The zero-order valence-corrected chi connectivity index (χ0v) is 22.5. The molecule has 39 heavy (non-hydrogen) atoms. The normalized spacial score (nSPS) is 20.0. The van der Waals surface area contributed by atoms with Gasteiger partial charge in [0, 0.05) is 25.2 Å². The molecule has 0 spiro atoms. The third-order valence-corrected chi connectivity index (χ3v) is 6.61. The molecule has 0 saturated carbocycles. The molecule has 1 aliphatic rings. The summed E-state index contributed by atoms with van der Waals surface area (Å²) in [4.78, 5) is 51.1. The van der Waals surface area contributed by atoms with Gasteiger partial charge in [0.15, 0.2) is 0 Å². The van der Waals surface area contributed by atoms with Crippen molar-refractivity contribution in [1.29, 1.82) is 0 Å². The van der Waals surface area contributed by atoms with Gasteiger partial charge >= 0.3 is 12.1 Å². The first-order valence-electron chi connectivity index (χ1n) is 12.3. The minimum atomic E-state index is -4.74. The Labute approximate surface area is 229 Å². The van der Waals surface area contributed by atoms with E-state index in [1.54, 1.807) is 24.3 Å². The Bertz CT molecular complexity index is 1020. The third-order valence-electron chi connectivity index (χ3n) is 6.36. The molecular weight excluding hydrogens is 545 g/mol. The van der Waals surface area contributed by atoms with Crippen LogP contribution in [-0.4, -0.2) is 84.3 Å². The van der Waals surface area contributed by atoms with Crippen LogP contribution in [0, 0.1) is 5.92 Å². The second-order valence-corrected chi connectivity index (χ2v) is 10.3. The fourth-order valence-electron chi connectivity index (χ4n) is 4.60. The molecule has 10 nitrogen and oxygen atoms in total. The summed E-state index contributed by atoms with van der Waals surface area (Å²) < 4.78 is 44.6. The van der Waals surface area contributed by atoms with Gasteiger partial charge in [0.1, 0.15) is 6.04 Å². The molecule has 1 unspecified atom stereocenters. The van der Waals surface area contributed by atoms with Crippen LogP contribution < -0.4 is 16.4 Å². The van der Waals surface area contributed by atoms with Crippen molar-refractivity contribution in [3.63, 3.8) is 0 Å². The number of likely N-dealkylation sites (tertiary alicyclic amines) is 1. The smallest absolute Gasteiger partial charge is 0.389 e. The molecule has 0 bridgehead atoms. The summed E-state index contributed by atoms with van der Waals surface area (Å²) in [6.07, 6.45) is -6.44. The van der Waals surface area contributed by atoms with Crippen molar-refractivity contribution in [2.45, 2.75) is 62.8 Å². The highest BCUT2D eigenvalue weighted by Gasteiger charge is 2.44. The number of rotatable bonds is 12. The molecule has 3 amide bonds. The number of carboxylic acids is 1. The van der Waals surface area contributed by atoms with Crippen LogP contribution in [0.5, 0.6) is 0 Å². The van der Waals surface area contributed by atoms with E-state index in [1.807, 2.05) is 0 Å². The van der Waals surface area contributed by atoms with Gasteiger partial charge in [-0.1, -0.05) is 23.7 Å². The number of halogens is 4. The Morgan fingerprint density at radius 1 is 1.21 bits per heavy atom. The summed E-state index contributed by atoms with van der Waals surface area (Å²) in [5, 5.41) is 15.0. The van der Waals surface area contributed by atoms with Crippen LogP contribution in [0.15, 0.2) is 24.3 Å². The van der Waals surface area contributed by atoms with Crippen LogP contribution in [0.1, 0.15) is 38.2 Å². The summed E-state index contributed by atoms with van der Waals surface area (Å²) in [6, 6.07) is 4.69. The predicted octanol–water partition coefficient (Wildman–Crippen LogP) is 1.88. The molecule has 1 aromatic rings. The lowest BCUT2D eigenvalue weighted by Crippen LogP contribution is -2.65. The Kier molecular flexibility index (Phi) is 11.6. The van der Waals surface area contributed by atoms with Crippen LogP contribution in [0.4, 0.5) is 13.2 Å². The number of amides is 3. The standard InChI is InChI=1S/C25H34ClF3N4O6/c1-15(30)21(36)31-19(13-39-2)22(37)32-24(11-16-4-6-18(26)7-5-16)8-3-9-33(14-24)23(38)17(10-20(34)35)12-25(27,28)29/h4-7,15,17,19H,3,8-14,30H2,1-2H3,(H,31,36)(H,32,37)(H,34,35)/t15-,17?,19-,24+/m0/s1. The predicted molar refractivity (Wildman–Crippen MR) is 136 cm³/mol. The molecule has 4 atom stereocenters. The number of nitrogens with zero attached hydrogens (tertiary/aromatic N) is 1. The Hall–Kier alpha value is -2.90. The average molecular weight is 579 g/mol. The highest BCUT2D eigenvalue weighted by molar-refractivity contribution is 6.30. The molecule has 1 saturated heterocycles. The number of hydrogen-bond donors (Lipinski definition) is 4. The first kappa shape index (κ1) is 32.3. The number of aliphatic carboxylic acids is 1. The zero-order chi connectivity index (χ0) is 29.4. The molecule has 5 N–H and O–H groups in total. The van der Waals surface area contributed by atoms with Gasteiger partial charge in [-0.2, -0.15) is 13.2 Å². The second-order valence-electron chi connectivity index (χ2n) is 9.86. The van der Waals surface area contributed by atoms with E-state index in [2.05, 4.69) is 10.6 Å². The number of piperidine rings is 1. The highest BCUT2D eigenvalue weighted by Crippen LogP contribution is 2.32. The van der Waals surface area contributed by atoms with E-state index < -0.39 is 66.2 Å². The molecular formula is C25H34ClF3N4O6. The lowest BCUT2D eigenvalue weighted by molar-refractivity contribution is -0.164. The third kappa shape index (κ3) is 10.3. The van der Waals surface area contributed by atoms with Gasteiger partial charge in [-0.15, -0.1) is 0 Å². The van der Waals surface area contributed by atoms with Gasteiger partial charge in [0.05, 0.1) is 36.9 Å². The van der Waals surface area contributed by atoms with E-state index in [0.717, 1.165) is 5.56 Å². The lowest BCUT2D eigenvalue weighted by Gasteiger charge is -2.45. The van der Waals surface area contributed by atoms with Gasteiger partial charge in [-0.25, -0.2) is 0 Å². The minimum Gasteiger partial charge on any atom is -0.481 e. The van der Waals surface area contributed by atoms with Crippen molar-refractivity contribution in [3.8, 4) is 0 Å². The van der Waals surface area contributed by atoms with Crippen molar-refractivity contribution in [1.82, 2.24) is 15.5 Å². The molecule has 1 heterocycles. The van der Waals surface area contributed by atoms with Gasteiger partial charge in [0.2, 0.25) is 17.7 Å². The van der Waals surface area contributed by atoms with E-state index >= 15 is 0 Å². The molecule has 2 rings (SSSR count). The maximum absolute atomic E-state index is 13.4. The monoisotopic (exact) mass is 578 g/mol. The number of ether oxygens (including phenoxy) is 1. The van der Waals surface area contributed by atoms with E-state index in [0.29, 0.717) is 17.9 Å². The van der Waals surface area contributed by atoms with Crippen LogP contribution in [0.3, 0.4) is 0 Å². The van der Waals surface area contributed by atoms with Crippen molar-refractivity contribution in [2.24, 2.45) is 11.7 Å². The van der Waals surface area contributed by atoms with Gasteiger partial charge in [-0.05, 0) is 43.9 Å². The van der Waals surface area contributed by atoms with E-state index in [1.165, 1.54) is 18.9 Å². The molecule has 218 valence electrons. The Morgan fingerprint density at radius 2 is 1.85 bits per heavy atom. The van der Waals surface area contributed by atoms with Crippen molar-refractivity contribution < 1.29 is 42.2 Å². The Balaban J connectivity index is 2.38. The number of nitrogens with two attached hydrogens (primary N) is 1. The second kappa shape index (κ2) is 13.9.